The second-order valence-corrected chi connectivity index (χ2v) is 8.37. The number of aryl methyl sites for hydroxylation is 3. The van der Waals surface area contributed by atoms with Crippen molar-refractivity contribution >= 4 is 10.0 Å². The molecule has 0 saturated carbocycles. The van der Waals surface area contributed by atoms with Crippen molar-refractivity contribution in [1.82, 2.24) is 14.9 Å². The highest BCUT2D eigenvalue weighted by Gasteiger charge is 2.16. The minimum atomic E-state index is -3.58. The number of sulfonamides is 1. The second-order valence-electron chi connectivity index (χ2n) is 6.64. The molecule has 2 aromatic carbocycles. The molecule has 0 saturated heterocycles. The Kier molecular flexibility index (Phi) is 6.06. The largest absolute Gasteiger partial charge is 0.475 e. The summed E-state index contributed by atoms with van der Waals surface area (Å²) in [6.45, 7) is 5.96. The zero-order valence-electron chi connectivity index (χ0n) is 16.1. The van der Waals surface area contributed by atoms with Gasteiger partial charge in [0, 0.05) is 18.2 Å². The molecule has 1 N–H and O–H groups in total. The Morgan fingerprint density at radius 2 is 1.61 bits per heavy atom. The topological polar surface area (TPSA) is 81.2 Å². The van der Waals surface area contributed by atoms with Gasteiger partial charge in [0.1, 0.15) is 6.61 Å². The predicted molar refractivity (Wildman–Crippen MR) is 109 cm³/mol. The number of hydrogen-bond acceptors (Lipinski definition) is 5. The van der Waals surface area contributed by atoms with Crippen molar-refractivity contribution in [2.75, 3.05) is 13.2 Å². The van der Waals surface area contributed by atoms with Crippen LogP contribution in [0.3, 0.4) is 0 Å². The predicted octanol–water partition coefficient (Wildman–Crippen LogP) is 3.43. The molecule has 7 heteroatoms. The molecule has 0 radical (unpaired) electrons. The van der Waals surface area contributed by atoms with Gasteiger partial charge in [-0.05, 0) is 44.0 Å². The van der Waals surface area contributed by atoms with Gasteiger partial charge in [0.2, 0.25) is 15.9 Å². The molecule has 0 aliphatic carbocycles. The average Bonchev–Trinajstić information content (AvgIpc) is 2.68. The van der Waals surface area contributed by atoms with Crippen molar-refractivity contribution in [1.29, 1.82) is 0 Å². The fraction of sp³-hybridized carbons (Fsp3) is 0.238. The molecule has 1 heterocycles. The van der Waals surface area contributed by atoms with Crippen LogP contribution < -0.4 is 9.46 Å². The van der Waals surface area contributed by atoms with E-state index in [2.05, 4.69) is 14.9 Å². The lowest BCUT2D eigenvalue weighted by atomic mass is 10.1. The molecule has 1 aromatic heterocycles. The van der Waals surface area contributed by atoms with Crippen LogP contribution >= 0.6 is 0 Å². The lowest BCUT2D eigenvalue weighted by molar-refractivity contribution is 0.307. The monoisotopic (exact) mass is 397 g/mol. The Morgan fingerprint density at radius 1 is 0.893 bits per heavy atom. The maximum atomic E-state index is 12.4. The first-order valence-corrected chi connectivity index (χ1v) is 10.4. The molecule has 0 aliphatic heterocycles. The minimum Gasteiger partial charge on any atom is -0.475 e. The van der Waals surface area contributed by atoms with E-state index in [1.54, 1.807) is 25.1 Å². The van der Waals surface area contributed by atoms with E-state index in [9.17, 15) is 8.42 Å². The van der Waals surface area contributed by atoms with Gasteiger partial charge in [-0.3, -0.25) is 0 Å². The van der Waals surface area contributed by atoms with Crippen molar-refractivity contribution in [3.63, 3.8) is 0 Å². The van der Waals surface area contributed by atoms with Crippen molar-refractivity contribution in [3.8, 4) is 17.1 Å². The third-order valence-electron chi connectivity index (χ3n) is 4.26. The third kappa shape index (κ3) is 4.94. The highest BCUT2D eigenvalue weighted by atomic mass is 32.2. The molecule has 0 aliphatic rings. The zero-order valence-corrected chi connectivity index (χ0v) is 17.0. The lowest BCUT2D eigenvalue weighted by Gasteiger charge is -2.10. The summed E-state index contributed by atoms with van der Waals surface area (Å²) in [6.07, 6.45) is 0. The number of rotatable bonds is 7. The summed E-state index contributed by atoms with van der Waals surface area (Å²) in [5, 5.41) is 8.21. The van der Waals surface area contributed by atoms with Gasteiger partial charge in [-0.2, -0.15) is 0 Å². The number of benzene rings is 2. The van der Waals surface area contributed by atoms with Crippen LogP contribution in [-0.4, -0.2) is 31.8 Å². The van der Waals surface area contributed by atoms with Crippen LogP contribution in [0.15, 0.2) is 59.5 Å². The van der Waals surface area contributed by atoms with Crippen molar-refractivity contribution in [2.24, 2.45) is 0 Å². The van der Waals surface area contributed by atoms with Gasteiger partial charge >= 0.3 is 0 Å². The maximum absolute atomic E-state index is 12.4. The summed E-state index contributed by atoms with van der Waals surface area (Å²) in [5.41, 5.74) is 4.51. The van der Waals surface area contributed by atoms with Gasteiger partial charge in [0.25, 0.3) is 0 Å². The molecular formula is C21H23N3O3S. The molecule has 0 bridgehead atoms. The van der Waals surface area contributed by atoms with Crippen LogP contribution in [0.5, 0.6) is 5.88 Å². The van der Waals surface area contributed by atoms with Gasteiger partial charge in [-0.25, -0.2) is 13.1 Å². The molecule has 0 atom stereocenters. The smallest absolute Gasteiger partial charge is 0.240 e. The highest BCUT2D eigenvalue weighted by molar-refractivity contribution is 7.89. The molecule has 28 heavy (non-hydrogen) atoms. The van der Waals surface area contributed by atoms with Gasteiger partial charge in [0.15, 0.2) is 0 Å². The van der Waals surface area contributed by atoms with E-state index in [0.29, 0.717) is 11.4 Å². The maximum Gasteiger partial charge on any atom is 0.240 e. The summed E-state index contributed by atoms with van der Waals surface area (Å²) in [4.78, 5) is 0.287. The third-order valence-corrected chi connectivity index (χ3v) is 5.87. The first-order chi connectivity index (χ1) is 13.3. The average molecular weight is 398 g/mol. The molecule has 6 nitrogen and oxygen atoms in total. The summed E-state index contributed by atoms with van der Waals surface area (Å²) < 4.78 is 33.0. The zero-order chi connectivity index (χ0) is 20.1. The van der Waals surface area contributed by atoms with Crippen LogP contribution in [0.25, 0.3) is 11.3 Å². The first-order valence-electron chi connectivity index (χ1n) is 8.96. The number of aromatic nitrogens is 2. The molecular weight excluding hydrogens is 374 g/mol. The SMILES string of the molecule is Cc1ccc(-c2ccc(OCCNS(=O)(=O)c3cc(C)ccc3C)nn2)cc1. The number of nitrogens with zero attached hydrogens (tertiary/aromatic N) is 2. The Bertz CT molecular complexity index is 1050. The van der Waals surface area contributed by atoms with Crippen molar-refractivity contribution in [3.05, 3.63) is 71.3 Å². The van der Waals surface area contributed by atoms with E-state index in [1.807, 2.05) is 50.2 Å². The number of ether oxygens (including phenoxy) is 1. The summed E-state index contributed by atoms with van der Waals surface area (Å²) >= 11 is 0. The van der Waals surface area contributed by atoms with Gasteiger partial charge < -0.3 is 4.74 Å². The molecule has 0 amide bonds. The molecule has 0 unspecified atom stereocenters. The van der Waals surface area contributed by atoms with Gasteiger partial charge in [-0.15, -0.1) is 10.2 Å². The second kappa shape index (κ2) is 8.50. The van der Waals surface area contributed by atoms with Gasteiger partial charge in [-0.1, -0.05) is 42.0 Å². The summed E-state index contributed by atoms with van der Waals surface area (Å²) in [7, 11) is -3.58. The normalized spacial score (nSPS) is 11.4. The Labute approximate surface area is 165 Å². The van der Waals surface area contributed by atoms with Crippen molar-refractivity contribution in [2.45, 2.75) is 25.7 Å². The first kappa shape index (κ1) is 20.0. The number of nitrogens with one attached hydrogen (secondary N) is 1. The fourth-order valence-corrected chi connectivity index (χ4v) is 4.02. The molecule has 3 rings (SSSR count). The lowest BCUT2D eigenvalue weighted by Crippen LogP contribution is -2.29. The van der Waals surface area contributed by atoms with Crippen LogP contribution in [0.4, 0.5) is 0 Å². The molecule has 146 valence electrons. The van der Waals surface area contributed by atoms with E-state index in [4.69, 9.17) is 4.74 Å². The van der Waals surface area contributed by atoms with Crippen LogP contribution in [0.1, 0.15) is 16.7 Å². The Hall–Kier alpha value is -2.77. The molecule has 3 aromatic rings. The van der Waals surface area contributed by atoms with Crippen LogP contribution in [0.2, 0.25) is 0 Å². The van der Waals surface area contributed by atoms with Crippen LogP contribution in [-0.2, 0) is 10.0 Å². The highest BCUT2D eigenvalue weighted by Crippen LogP contribution is 2.18. The van der Waals surface area contributed by atoms with E-state index in [0.717, 1.165) is 16.8 Å². The summed E-state index contributed by atoms with van der Waals surface area (Å²) in [6, 6.07) is 16.9. The van der Waals surface area contributed by atoms with E-state index >= 15 is 0 Å². The fourth-order valence-electron chi connectivity index (χ4n) is 2.68. The quantitative estimate of drug-likeness (QED) is 0.618. The minimum absolute atomic E-state index is 0.136. The standard InChI is InChI=1S/C21H23N3O3S/c1-15-5-8-18(9-6-15)19-10-11-21(24-23-19)27-13-12-22-28(25,26)20-14-16(2)4-7-17(20)3/h4-11,14,22H,12-13H2,1-3H3. The van der Waals surface area contributed by atoms with Crippen molar-refractivity contribution < 1.29 is 13.2 Å². The van der Waals surface area contributed by atoms with Gasteiger partial charge in [0.05, 0.1) is 10.6 Å². The summed E-state index contributed by atoms with van der Waals surface area (Å²) in [5.74, 6) is 0.349. The Morgan fingerprint density at radius 3 is 2.29 bits per heavy atom. The molecule has 0 fully saturated rings. The van der Waals surface area contributed by atoms with E-state index < -0.39 is 10.0 Å². The number of hydrogen-bond donors (Lipinski definition) is 1. The van der Waals surface area contributed by atoms with Crippen LogP contribution in [0, 0.1) is 20.8 Å². The molecule has 0 spiro atoms. The Balaban J connectivity index is 1.55. The van der Waals surface area contributed by atoms with E-state index in [-0.39, 0.29) is 18.0 Å². The van der Waals surface area contributed by atoms with E-state index in [1.165, 1.54) is 5.56 Å².